The summed E-state index contributed by atoms with van der Waals surface area (Å²) in [5.41, 5.74) is 3.60. The van der Waals surface area contributed by atoms with Gasteiger partial charge in [0.2, 0.25) is 0 Å². The molecule has 1 atom stereocenters. The number of benzene rings is 1. The molecule has 0 unspecified atom stereocenters. The standard InChI is InChI=1S/C20H20ClN5O2/c1-13-16(11-25(2)24-13)20(27)26-8-9-28-17(12-26)19-18(22-6-7-23-19)14-4-3-5-15(21)10-14/h3-7,10-11,17H,8-9,12H2,1-2H3/t17-/m0/s1. The number of aromatic nitrogens is 4. The van der Waals surface area contributed by atoms with E-state index < -0.39 is 0 Å². The van der Waals surface area contributed by atoms with Gasteiger partial charge in [-0.3, -0.25) is 19.4 Å². The number of morpholine rings is 1. The van der Waals surface area contributed by atoms with E-state index in [2.05, 4.69) is 15.1 Å². The number of carbonyl (C=O) groups excluding carboxylic acids is 1. The van der Waals surface area contributed by atoms with E-state index in [-0.39, 0.29) is 12.0 Å². The lowest BCUT2D eigenvalue weighted by atomic mass is 10.0. The molecule has 1 fully saturated rings. The Morgan fingerprint density at radius 1 is 1.29 bits per heavy atom. The SMILES string of the molecule is Cc1nn(C)cc1C(=O)N1CCO[C@H](c2nccnc2-c2cccc(Cl)c2)C1. The van der Waals surface area contributed by atoms with Crippen molar-refractivity contribution in [3.8, 4) is 11.3 Å². The summed E-state index contributed by atoms with van der Waals surface area (Å²) < 4.78 is 7.61. The van der Waals surface area contributed by atoms with Crippen LogP contribution in [-0.4, -0.2) is 50.3 Å². The molecule has 3 heterocycles. The number of aryl methyl sites for hydroxylation is 2. The molecule has 4 rings (SSSR count). The van der Waals surface area contributed by atoms with E-state index in [1.165, 1.54) is 0 Å². The molecule has 144 valence electrons. The number of carbonyl (C=O) groups is 1. The van der Waals surface area contributed by atoms with Gasteiger partial charge in [0.1, 0.15) is 6.10 Å². The third-order valence-electron chi connectivity index (χ3n) is 4.73. The molecule has 7 nitrogen and oxygen atoms in total. The fourth-order valence-electron chi connectivity index (χ4n) is 3.42. The number of hydrogen-bond donors (Lipinski definition) is 0. The van der Waals surface area contributed by atoms with Crippen molar-refractivity contribution in [3.63, 3.8) is 0 Å². The van der Waals surface area contributed by atoms with Gasteiger partial charge in [-0.2, -0.15) is 5.10 Å². The average molecular weight is 398 g/mol. The first-order valence-corrected chi connectivity index (χ1v) is 9.38. The molecule has 1 aromatic carbocycles. The molecule has 1 amide bonds. The first kappa shape index (κ1) is 18.6. The summed E-state index contributed by atoms with van der Waals surface area (Å²) in [4.78, 5) is 23.8. The van der Waals surface area contributed by atoms with Crippen LogP contribution >= 0.6 is 11.6 Å². The highest BCUT2D eigenvalue weighted by molar-refractivity contribution is 6.30. The zero-order chi connectivity index (χ0) is 19.7. The van der Waals surface area contributed by atoms with Crippen LogP contribution in [0.25, 0.3) is 11.3 Å². The van der Waals surface area contributed by atoms with Crippen LogP contribution in [0, 0.1) is 6.92 Å². The molecule has 0 N–H and O–H groups in total. The third kappa shape index (κ3) is 3.63. The van der Waals surface area contributed by atoms with E-state index in [0.29, 0.717) is 41.7 Å². The topological polar surface area (TPSA) is 73.1 Å². The molecule has 2 aromatic heterocycles. The van der Waals surface area contributed by atoms with Gasteiger partial charge in [-0.1, -0.05) is 23.7 Å². The Morgan fingerprint density at radius 3 is 2.86 bits per heavy atom. The molecule has 1 aliphatic heterocycles. The van der Waals surface area contributed by atoms with Crippen molar-refractivity contribution >= 4 is 17.5 Å². The first-order valence-electron chi connectivity index (χ1n) is 9.01. The van der Waals surface area contributed by atoms with Crippen molar-refractivity contribution in [2.45, 2.75) is 13.0 Å². The summed E-state index contributed by atoms with van der Waals surface area (Å²) in [5, 5.41) is 4.90. The molecular formula is C20H20ClN5O2. The second-order valence-corrected chi connectivity index (χ2v) is 7.15. The van der Waals surface area contributed by atoms with Crippen LogP contribution < -0.4 is 0 Å². The van der Waals surface area contributed by atoms with Crippen LogP contribution in [0.4, 0.5) is 0 Å². The van der Waals surface area contributed by atoms with E-state index in [4.69, 9.17) is 16.3 Å². The highest BCUT2D eigenvalue weighted by Crippen LogP contribution is 2.30. The number of ether oxygens (including phenoxy) is 1. The minimum Gasteiger partial charge on any atom is -0.368 e. The Bertz CT molecular complexity index is 1020. The Balaban J connectivity index is 1.62. The normalized spacial score (nSPS) is 17.0. The quantitative estimate of drug-likeness (QED) is 0.679. The third-order valence-corrected chi connectivity index (χ3v) is 4.96. The van der Waals surface area contributed by atoms with E-state index in [1.807, 2.05) is 38.2 Å². The van der Waals surface area contributed by atoms with Gasteiger partial charge in [-0.25, -0.2) is 0 Å². The van der Waals surface area contributed by atoms with Crippen LogP contribution in [0.2, 0.25) is 5.02 Å². The predicted octanol–water partition coefficient (Wildman–Crippen LogP) is 3.05. The first-order chi connectivity index (χ1) is 13.5. The lowest BCUT2D eigenvalue weighted by Gasteiger charge is -2.33. The average Bonchev–Trinajstić information content (AvgIpc) is 3.05. The maximum absolute atomic E-state index is 13.0. The van der Waals surface area contributed by atoms with E-state index in [0.717, 1.165) is 11.3 Å². The molecule has 1 aliphatic rings. The van der Waals surface area contributed by atoms with Crippen molar-refractivity contribution < 1.29 is 9.53 Å². The molecule has 0 bridgehead atoms. The zero-order valence-electron chi connectivity index (χ0n) is 15.7. The fraction of sp³-hybridized carbons (Fsp3) is 0.300. The molecule has 8 heteroatoms. The van der Waals surface area contributed by atoms with Crippen LogP contribution in [-0.2, 0) is 11.8 Å². The predicted molar refractivity (Wildman–Crippen MR) is 105 cm³/mol. The summed E-state index contributed by atoms with van der Waals surface area (Å²) in [6.07, 6.45) is 4.67. The highest BCUT2D eigenvalue weighted by Gasteiger charge is 2.30. The maximum Gasteiger partial charge on any atom is 0.257 e. The molecular weight excluding hydrogens is 378 g/mol. The number of halogens is 1. The van der Waals surface area contributed by atoms with Gasteiger partial charge >= 0.3 is 0 Å². The van der Waals surface area contributed by atoms with Gasteiger partial charge in [0, 0.05) is 42.8 Å². The van der Waals surface area contributed by atoms with Gasteiger partial charge in [0.15, 0.2) is 0 Å². The summed E-state index contributed by atoms with van der Waals surface area (Å²) >= 11 is 6.14. The molecule has 0 spiro atoms. The lowest BCUT2D eigenvalue weighted by Crippen LogP contribution is -2.42. The summed E-state index contributed by atoms with van der Waals surface area (Å²) in [7, 11) is 1.81. The number of amides is 1. The molecule has 3 aromatic rings. The van der Waals surface area contributed by atoms with Gasteiger partial charge in [0.25, 0.3) is 5.91 Å². The largest absolute Gasteiger partial charge is 0.368 e. The van der Waals surface area contributed by atoms with Crippen LogP contribution in [0.5, 0.6) is 0 Å². The minimum atomic E-state index is -0.364. The maximum atomic E-state index is 13.0. The number of nitrogens with zero attached hydrogens (tertiary/aromatic N) is 5. The monoisotopic (exact) mass is 397 g/mol. The summed E-state index contributed by atoms with van der Waals surface area (Å²) in [6, 6.07) is 7.47. The Labute approximate surface area is 167 Å². The van der Waals surface area contributed by atoms with E-state index in [1.54, 1.807) is 28.2 Å². The zero-order valence-corrected chi connectivity index (χ0v) is 16.4. The molecule has 0 aliphatic carbocycles. The molecule has 0 saturated carbocycles. The lowest BCUT2D eigenvalue weighted by molar-refractivity contribution is -0.0246. The second-order valence-electron chi connectivity index (χ2n) is 6.71. The highest BCUT2D eigenvalue weighted by atomic mass is 35.5. The molecule has 0 radical (unpaired) electrons. The van der Waals surface area contributed by atoms with Crippen molar-refractivity contribution in [3.05, 3.63) is 64.8 Å². The Kier molecular flexibility index (Phi) is 5.11. The van der Waals surface area contributed by atoms with Crippen molar-refractivity contribution in [2.75, 3.05) is 19.7 Å². The van der Waals surface area contributed by atoms with Crippen LogP contribution in [0.1, 0.15) is 27.8 Å². The molecule has 28 heavy (non-hydrogen) atoms. The van der Waals surface area contributed by atoms with Gasteiger partial charge < -0.3 is 9.64 Å². The summed E-state index contributed by atoms with van der Waals surface area (Å²) in [6.45, 7) is 3.20. The van der Waals surface area contributed by atoms with E-state index in [9.17, 15) is 4.79 Å². The second kappa shape index (κ2) is 7.69. The molecule has 1 saturated heterocycles. The van der Waals surface area contributed by atoms with Gasteiger partial charge in [-0.15, -0.1) is 0 Å². The van der Waals surface area contributed by atoms with Gasteiger partial charge in [-0.05, 0) is 19.1 Å². The van der Waals surface area contributed by atoms with Gasteiger partial charge in [0.05, 0.1) is 35.8 Å². The van der Waals surface area contributed by atoms with E-state index >= 15 is 0 Å². The van der Waals surface area contributed by atoms with Crippen molar-refractivity contribution in [1.82, 2.24) is 24.6 Å². The minimum absolute atomic E-state index is 0.0490. The Hall–Kier alpha value is -2.77. The number of rotatable bonds is 3. The number of hydrogen-bond acceptors (Lipinski definition) is 5. The Morgan fingerprint density at radius 2 is 2.11 bits per heavy atom. The van der Waals surface area contributed by atoms with Crippen molar-refractivity contribution in [2.24, 2.45) is 7.05 Å². The van der Waals surface area contributed by atoms with Crippen molar-refractivity contribution in [1.29, 1.82) is 0 Å². The summed E-state index contributed by atoms with van der Waals surface area (Å²) in [5.74, 6) is -0.0490. The fourth-order valence-corrected chi connectivity index (χ4v) is 3.61. The van der Waals surface area contributed by atoms with Crippen LogP contribution in [0.3, 0.4) is 0 Å². The smallest absolute Gasteiger partial charge is 0.257 e. The van der Waals surface area contributed by atoms with Crippen LogP contribution in [0.15, 0.2) is 42.9 Å².